The van der Waals surface area contributed by atoms with E-state index in [-0.39, 0.29) is 23.8 Å². The molecule has 0 saturated heterocycles. The van der Waals surface area contributed by atoms with Gasteiger partial charge in [0.2, 0.25) is 0 Å². The van der Waals surface area contributed by atoms with E-state index in [1.807, 2.05) is 0 Å². The first-order chi connectivity index (χ1) is 12.8. The van der Waals surface area contributed by atoms with E-state index in [4.69, 9.17) is 16.3 Å². The highest BCUT2D eigenvalue weighted by molar-refractivity contribution is 6.30. The van der Waals surface area contributed by atoms with Gasteiger partial charge in [-0.2, -0.15) is 0 Å². The van der Waals surface area contributed by atoms with Crippen LogP contribution in [-0.4, -0.2) is 22.9 Å². The lowest BCUT2D eigenvalue weighted by atomic mass is 10.0. The van der Waals surface area contributed by atoms with Crippen LogP contribution in [0.3, 0.4) is 0 Å². The van der Waals surface area contributed by atoms with Crippen LogP contribution in [0.15, 0.2) is 48.5 Å². The number of amides is 1. The number of rotatable bonds is 7. The number of para-hydroxylation sites is 1. The predicted octanol–water partition coefficient (Wildman–Crippen LogP) is 4.06. The van der Waals surface area contributed by atoms with E-state index >= 15 is 0 Å². The van der Waals surface area contributed by atoms with E-state index in [0.29, 0.717) is 10.6 Å². The first kappa shape index (κ1) is 20.4. The molecule has 2 aromatic carbocycles. The van der Waals surface area contributed by atoms with Crippen LogP contribution in [0.5, 0.6) is 0 Å². The van der Waals surface area contributed by atoms with Crippen molar-refractivity contribution in [2.45, 2.75) is 32.4 Å². The Morgan fingerprint density at radius 1 is 1.15 bits per heavy atom. The summed E-state index contributed by atoms with van der Waals surface area (Å²) in [6.07, 6.45) is -0.571. The van der Waals surface area contributed by atoms with Crippen molar-refractivity contribution in [2.75, 3.05) is 0 Å². The van der Waals surface area contributed by atoms with Crippen molar-refractivity contribution in [1.29, 1.82) is 0 Å². The summed E-state index contributed by atoms with van der Waals surface area (Å²) in [5.74, 6) is -1.04. The lowest BCUT2D eigenvalue weighted by molar-refractivity contribution is -0.385. The van der Waals surface area contributed by atoms with Crippen LogP contribution in [0.1, 0.15) is 42.2 Å². The number of nitrogens with one attached hydrogen (secondary N) is 1. The fraction of sp³-hybridized carbons (Fsp3) is 0.263. The van der Waals surface area contributed by atoms with Gasteiger partial charge < -0.3 is 10.1 Å². The molecule has 0 spiro atoms. The molecular weight excluding hydrogens is 372 g/mol. The third kappa shape index (κ3) is 5.79. The van der Waals surface area contributed by atoms with Crippen molar-refractivity contribution in [3.8, 4) is 0 Å². The SMILES string of the molecule is CC(C)OC(=O)CC(NC(=O)c1ccc(Cl)cc1)c1ccccc1[N+](=O)[O-]. The van der Waals surface area contributed by atoms with Crippen molar-refractivity contribution in [2.24, 2.45) is 0 Å². The average molecular weight is 391 g/mol. The Kier molecular flexibility index (Phi) is 6.90. The van der Waals surface area contributed by atoms with Gasteiger partial charge in [-0.15, -0.1) is 0 Å². The van der Waals surface area contributed by atoms with Crippen molar-refractivity contribution < 1.29 is 19.2 Å². The molecule has 2 rings (SSSR count). The molecule has 1 N–H and O–H groups in total. The number of ether oxygens (including phenoxy) is 1. The molecular formula is C19H19ClN2O5. The van der Waals surface area contributed by atoms with Gasteiger partial charge in [0.1, 0.15) is 0 Å². The molecule has 0 aliphatic rings. The fourth-order valence-corrected chi connectivity index (χ4v) is 2.63. The quantitative estimate of drug-likeness (QED) is 0.436. The molecule has 1 atom stereocenters. The lowest BCUT2D eigenvalue weighted by Gasteiger charge is -2.19. The van der Waals surface area contributed by atoms with Gasteiger partial charge in [0, 0.05) is 16.7 Å². The minimum Gasteiger partial charge on any atom is -0.463 e. The van der Waals surface area contributed by atoms with E-state index in [9.17, 15) is 19.7 Å². The Labute approximate surface area is 161 Å². The predicted molar refractivity (Wildman–Crippen MR) is 101 cm³/mol. The Bertz CT molecular complexity index is 836. The Hall–Kier alpha value is -2.93. The molecule has 2 aromatic rings. The van der Waals surface area contributed by atoms with Gasteiger partial charge in [-0.25, -0.2) is 0 Å². The van der Waals surface area contributed by atoms with Gasteiger partial charge >= 0.3 is 5.97 Å². The molecule has 0 fully saturated rings. The van der Waals surface area contributed by atoms with E-state index in [1.165, 1.54) is 30.3 Å². The summed E-state index contributed by atoms with van der Waals surface area (Å²) in [6, 6.07) is 11.2. The van der Waals surface area contributed by atoms with Crippen LogP contribution >= 0.6 is 11.6 Å². The monoisotopic (exact) mass is 390 g/mol. The number of carbonyl (C=O) groups is 2. The van der Waals surface area contributed by atoms with E-state index in [2.05, 4.69) is 5.32 Å². The van der Waals surface area contributed by atoms with Gasteiger partial charge in [0.15, 0.2) is 0 Å². The zero-order valence-electron chi connectivity index (χ0n) is 14.8. The van der Waals surface area contributed by atoms with Gasteiger partial charge in [-0.1, -0.05) is 29.8 Å². The van der Waals surface area contributed by atoms with Crippen molar-refractivity contribution in [1.82, 2.24) is 5.32 Å². The maximum atomic E-state index is 12.5. The molecule has 7 nitrogen and oxygen atoms in total. The number of halogens is 1. The lowest BCUT2D eigenvalue weighted by Crippen LogP contribution is -2.31. The number of carbonyl (C=O) groups excluding carboxylic acids is 2. The topological polar surface area (TPSA) is 98.5 Å². The van der Waals surface area contributed by atoms with Crippen LogP contribution in [0.2, 0.25) is 5.02 Å². The molecule has 8 heteroatoms. The van der Waals surface area contributed by atoms with Crippen LogP contribution < -0.4 is 5.32 Å². The summed E-state index contributed by atoms with van der Waals surface area (Å²) in [5.41, 5.74) is 0.363. The number of nitrogens with zero attached hydrogens (tertiary/aromatic N) is 1. The number of hydrogen-bond donors (Lipinski definition) is 1. The summed E-state index contributed by atoms with van der Waals surface area (Å²) in [5, 5.41) is 14.5. The van der Waals surface area contributed by atoms with Crippen LogP contribution in [0.25, 0.3) is 0 Å². The second kappa shape index (κ2) is 9.14. The molecule has 0 radical (unpaired) electrons. The highest BCUT2D eigenvalue weighted by Crippen LogP contribution is 2.28. The standard InChI is InChI=1S/C19H19ClN2O5/c1-12(2)27-18(23)11-16(15-5-3-4-6-17(15)22(25)26)21-19(24)13-7-9-14(20)10-8-13/h3-10,12,16H,11H2,1-2H3,(H,21,24). The minimum atomic E-state index is -0.916. The van der Waals surface area contributed by atoms with Gasteiger partial charge in [0.25, 0.3) is 11.6 Å². The van der Waals surface area contributed by atoms with E-state index in [1.54, 1.807) is 32.0 Å². The van der Waals surface area contributed by atoms with Crippen molar-refractivity contribution >= 4 is 29.2 Å². The number of esters is 1. The van der Waals surface area contributed by atoms with E-state index in [0.717, 1.165) is 0 Å². The highest BCUT2D eigenvalue weighted by atomic mass is 35.5. The minimum absolute atomic E-state index is 0.184. The number of hydrogen-bond acceptors (Lipinski definition) is 5. The Balaban J connectivity index is 2.32. The molecule has 0 heterocycles. The molecule has 1 unspecified atom stereocenters. The van der Waals surface area contributed by atoms with Crippen LogP contribution in [0, 0.1) is 10.1 Å². The summed E-state index contributed by atoms with van der Waals surface area (Å²) >= 11 is 5.82. The molecule has 0 saturated carbocycles. The summed E-state index contributed by atoms with van der Waals surface area (Å²) < 4.78 is 5.13. The second-order valence-electron chi connectivity index (χ2n) is 6.09. The second-order valence-corrected chi connectivity index (χ2v) is 6.53. The molecule has 1 amide bonds. The number of nitro groups is 1. The van der Waals surface area contributed by atoms with Crippen molar-refractivity contribution in [3.05, 3.63) is 74.8 Å². The zero-order valence-corrected chi connectivity index (χ0v) is 15.6. The summed E-state index contributed by atoms with van der Waals surface area (Å²) in [6.45, 7) is 3.40. The third-order valence-electron chi connectivity index (χ3n) is 3.66. The molecule has 142 valence electrons. The maximum Gasteiger partial charge on any atom is 0.308 e. The molecule has 27 heavy (non-hydrogen) atoms. The van der Waals surface area contributed by atoms with Gasteiger partial charge in [-0.05, 0) is 38.1 Å². The van der Waals surface area contributed by atoms with Gasteiger partial charge in [-0.3, -0.25) is 19.7 Å². The molecule has 0 aromatic heterocycles. The Morgan fingerprint density at radius 3 is 2.37 bits per heavy atom. The first-order valence-corrected chi connectivity index (χ1v) is 8.65. The largest absolute Gasteiger partial charge is 0.463 e. The van der Waals surface area contributed by atoms with Crippen LogP contribution in [-0.2, 0) is 9.53 Å². The van der Waals surface area contributed by atoms with Gasteiger partial charge in [0.05, 0.1) is 29.1 Å². The smallest absolute Gasteiger partial charge is 0.308 e. The van der Waals surface area contributed by atoms with Crippen molar-refractivity contribution in [3.63, 3.8) is 0 Å². The highest BCUT2D eigenvalue weighted by Gasteiger charge is 2.26. The zero-order chi connectivity index (χ0) is 20.0. The average Bonchev–Trinajstić information content (AvgIpc) is 2.61. The molecule has 0 aliphatic carbocycles. The number of nitro benzene ring substituents is 1. The Morgan fingerprint density at radius 2 is 1.78 bits per heavy atom. The number of benzene rings is 2. The molecule has 0 bridgehead atoms. The summed E-state index contributed by atoms with van der Waals surface area (Å²) in [4.78, 5) is 35.5. The maximum absolute atomic E-state index is 12.5. The molecule has 0 aliphatic heterocycles. The first-order valence-electron chi connectivity index (χ1n) is 8.27. The summed E-state index contributed by atoms with van der Waals surface area (Å²) in [7, 11) is 0. The van der Waals surface area contributed by atoms with E-state index < -0.39 is 22.8 Å². The third-order valence-corrected chi connectivity index (χ3v) is 3.91. The van der Waals surface area contributed by atoms with Crippen LogP contribution in [0.4, 0.5) is 5.69 Å². The normalized spacial score (nSPS) is 11.7. The fourth-order valence-electron chi connectivity index (χ4n) is 2.51.